The SMILES string of the molecule is C=C=C=C=C=C=C(C)CC.C=C=C=C=C=C=C=C=C=C=C=C=C=C=C1C[C@@]2(CCC(=O)O2)[C@@]2(C)CC[C@H]3C(C(=C=C=C=C=C=C)C(=C=C=C=C=C)C4=CC(=O)CC[C@]43C)C12.CC1CC1C.CCC(C)C. The van der Waals surface area contributed by atoms with Crippen molar-refractivity contribution in [3.63, 3.8) is 0 Å². The van der Waals surface area contributed by atoms with Gasteiger partial charge in [-0.15, -0.1) is 0 Å². The molecule has 0 aromatic heterocycles. The lowest BCUT2D eigenvalue weighted by Crippen LogP contribution is -2.55. The highest BCUT2D eigenvalue weighted by Crippen LogP contribution is 2.72. The molecule has 6 aliphatic rings. The molecule has 0 radical (unpaired) electrons. The average molecular weight is 915 g/mol. The third-order valence-electron chi connectivity index (χ3n) is 13.9. The van der Waals surface area contributed by atoms with Gasteiger partial charge in [0.05, 0.1) is 0 Å². The summed E-state index contributed by atoms with van der Waals surface area (Å²) in [7, 11) is 0. The maximum absolute atomic E-state index is 12.9. The van der Waals surface area contributed by atoms with Crippen LogP contribution in [0.15, 0.2) is 215 Å². The molecule has 0 bridgehead atoms. The quantitative estimate of drug-likeness (QED) is 0.205. The van der Waals surface area contributed by atoms with E-state index in [1.165, 1.54) is 12.8 Å². The van der Waals surface area contributed by atoms with Crippen LogP contribution in [0.4, 0.5) is 0 Å². The van der Waals surface area contributed by atoms with Crippen LogP contribution in [0.25, 0.3) is 0 Å². The summed E-state index contributed by atoms with van der Waals surface area (Å²) >= 11 is 0. The Labute approximate surface area is 417 Å². The summed E-state index contributed by atoms with van der Waals surface area (Å²) in [6, 6.07) is 0. The predicted molar refractivity (Wildman–Crippen MR) is 276 cm³/mol. The first-order valence-corrected chi connectivity index (χ1v) is 23.9. The number of rotatable bonds is 2. The Morgan fingerprint density at radius 3 is 1.67 bits per heavy atom. The van der Waals surface area contributed by atoms with Crippen LogP contribution in [0.2, 0.25) is 0 Å². The van der Waals surface area contributed by atoms with Gasteiger partial charge in [-0.2, -0.15) is 0 Å². The van der Waals surface area contributed by atoms with Gasteiger partial charge < -0.3 is 4.74 Å². The summed E-state index contributed by atoms with van der Waals surface area (Å²) in [5, 5.41) is 0. The molecule has 4 unspecified atom stereocenters. The number of hydrogen-bond acceptors (Lipinski definition) is 3. The van der Waals surface area contributed by atoms with Crippen molar-refractivity contribution in [3.8, 4) is 0 Å². The van der Waals surface area contributed by atoms with Gasteiger partial charge in [-0.3, -0.25) is 9.59 Å². The van der Waals surface area contributed by atoms with E-state index < -0.39 is 11.0 Å². The van der Waals surface area contributed by atoms with E-state index >= 15 is 0 Å². The van der Waals surface area contributed by atoms with E-state index in [0.29, 0.717) is 37.7 Å². The molecule has 348 valence electrons. The van der Waals surface area contributed by atoms with Crippen LogP contribution < -0.4 is 0 Å². The number of esters is 1. The number of ketones is 1. The molecule has 1 saturated heterocycles. The molecule has 3 heteroatoms. The highest BCUT2D eigenvalue weighted by atomic mass is 16.6. The minimum Gasteiger partial charge on any atom is -0.458 e. The van der Waals surface area contributed by atoms with E-state index in [4.69, 9.17) is 4.74 Å². The minimum atomic E-state index is -0.692. The molecule has 3 nitrogen and oxygen atoms in total. The summed E-state index contributed by atoms with van der Waals surface area (Å²) in [5.74, 6) is 2.72. The van der Waals surface area contributed by atoms with Gasteiger partial charge in [-0.05, 0) is 233 Å². The van der Waals surface area contributed by atoms with Crippen LogP contribution in [-0.2, 0) is 14.3 Å². The molecule has 0 N–H and O–H groups in total. The molecular weight excluding hydrogens is 853 g/mol. The van der Waals surface area contributed by atoms with Crippen molar-refractivity contribution < 1.29 is 14.3 Å². The van der Waals surface area contributed by atoms with Crippen LogP contribution >= 0.6 is 0 Å². The molecule has 4 saturated carbocycles. The molecule has 70 heavy (non-hydrogen) atoms. The monoisotopic (exact) mass is 914 g/mol. The molecule has 0 aromatic rings. The molecular formula is C67H62O3. The summed E-state index contributed by atoms with van der Waals surface area (Å²) in [6.07, 6.45) is 9.85. The predicted octanol–water partition coefficient (Wildman–Crippen LogP) is 15.0. The number of allylic oxidation sites excluding steroid dienone is 4. The summed E-state index contributed by atoms with van der Waals surface area (Å²) in [4.78, 5) is 25.7. The Morgan fingerprint density at radius 1 is 0.686 bits per heavy atom. The van der Waals surface area contributed by atoms with Crippen LogP contribution in [0.1, 0.15) is 127 Å². The van der Waals surface area contributed by atoms with Crippen LogP contribution in [0, 0.1) is 46.3 Å². The Balaban J connectivity index is 0.000000538. The van der Waals surface area contributed by atoms with E-state index in [1.807, 2.05) is 6.92 Å². The van der Waals surface area contributed by atoms with Gasteiger partial charge in [0.15, 0.2) is 5.78 Å². The largest absolute Gasteiger partial charge is 0.458 e. The molecule has 5 aliphatic carbocycles. The fourth-order valence-corrected chi connectivity index (χ4v) is 9.32. The summed E-state index contributed by atoms with van der Waals surface area (Å²) in [6.45, 7) is 33.6. The van der Waals surface area contributed by atoms with E-state index in [-0.39, 0.29) is 34.9 Å². The van der Waals surface area contributed by atoms with E-state index in [9.17, 15) is 9.59 Å². The van der Waals surface area contributed by atoms with Crippen molar-refractivity contribution in [2.75, 3.05) is 0 Å². The van der Waals surface area contributed by atoms with Crippen molar-refractivity contribution in [2.24, 2.45) is 46.3 Å². The van der Waals surface area contributed by atoms with Gasteiger partial charge >= 0.3 is 5.97 Å². The molecule has 8 atom stereocenters. The number of carbonyl (C=O) groups is 2. The van der Waals surface area contributed by atoms with Gasteiger partial charge in [-0.1, -0.05) is 108 Å². The van der Waals surface area contributed by atoms with E-state index in [1.54, 1.807) is 6.08 Å². The highest BCUT2D eigenvalue weighted by Gasteiger charge is 2.70. The average Bonchev–Trinajstić information content (AvgIpc) is 3.73. The van der Waals surface area contributed by atoms with Gasteiger partial charge in [0, 0.05) is 47.7 Å². The lowest BCUT2D eigenvalue weighted by Gasteiger charge is -2.59. The first kappa shape index (κ1) is 56.2. The zero-order chi connectivity index (χ0) is 51.6. The number of hydrogen-bond donors (Lipinski definition) is 0. The topological polar surface area (TPSA) is 43.4 Å². The molecule has 1 aliphatic heterocycles. The molecule has 6 rings (SSSR count). The third-order valence-corrected chi connectivity index (χ3v) is 13.9. The smallest absolute Gasteiger partial charge is 0.306 e. The first-order valence-electron chi connectivity index (χ1n) is 23.9. The second-order valence-corrected chi connectivity index (χ2v) is 18.7. The lowest BCUT2D eigenvalue weighted by atomic mass is 9.44. The summed E-state index contributed by atoms with van der Waals surface area (Å²) < 4.78 is 6.28. The van der Waals surface area contributed by atoms with Gasteiger partial charge in [0.2, 0.25) is 0 Å². The van der Waals surface area contributed by atoms with Crippen molar-refractivity contribution >= 4 is 11.8 Å². The number of ether oxygens (including phenoxy) is 1. The Bertz CT molecular complexity index is 3290. The molecule has 0 aromatic carbocycles. The second kappa shape index (κ2) is 28.3. The standard InChI is InChI=1S/C47H30O3.C10H10.C5H10.C5H12/c1-6-9-12-14-15-16-17-18-19-20-21-23-25-36-35-47(33-30-42(49)50-47)46(5)32-29-40-43(44(36)46)39(27-24-13-10-7-2)38(26-22-11-8-3)41-34-37(48)28-31-45(40,41)4;1-4-6-7-8-9-10(3)5-2;1-4-3-5(4)2;1-4-5(2)3/h34,40,43-44H,1-3,28-33,35H2,4-5H3;1,5H2,2-3H3;4-5H,3H2,1-2H3;5H,4H2,1-3H3/t40-,43?,44?,45-,46-,47-;;;/m0.../s1. The maximum Gasteiger partial charge on any atom is 0.306 e. The molecule has 1 spiro atoms. The maximum atomic E-state index is 12.9. The van der Waals surface area contributed by atoms with Crippen molar-refractivity contribution in [1.29, 1.82) is 0 Å². The fraction of sp³-hybridized carbons (Fsp3) is 0.418. The lowest BCUT2D eigenvalue weighted by molar-refractivity contribution is -0.165. The second-order valence-electron chi connectivity index (χ2n) is 18.7. The number of carbonyl (C=O) groups excluding carboxylic acids is 2. The van der Waals surface area contributed by atoms with Crippen LogP contribution in [-0.4, -0.2) is 17.4 Å². The van der Waals surface area contributed by atoms with Gasteiger partial charge in [0.1, 0.15) is 5.60 Å². The van der Waals surface area contributed by atoms with Crippen molar-refractivity contribution in [3.05, 3.63) is 215 Å². The zero-order valence-electron chi connectivity index (χ0n) is 42.7. The number of fused-ring (bicyclic) bond motifs is 6. The van der Waals surface area contributed by atoms with Crippen molar-refractivity contribution in [1.82, 2.24) is 0 Å². The fourth-order valence-electron chi connectivity index (χ4n) is 9.32. The van der Waals surface area contributed by atoms with Crippen LogP contribution in [0.5, 0.6) is 0 Å². The van der Waals surface area contributed by atoms with Gasteiger partial charge in [-0.25, -0.2) is 0 Å². The third kappa shape index (κ3) is 15.5. The summed E-state index contributed by atoms with van der Waals surface area (Å²) in [5.41, 5.74) is 77.3. The Morgan fingerprint density at radius 2 is 1.17 bits per heavy atom. The molecule has 0 amide bonds. The van der Waals surface area contributed by atoms with Gasteiger partial charge in [0.25, 0.3) is 0 Å². The normalized spacial score (nSPS) is 25.3. The molecule has 5 fully saturated rings. The first-order chi connectivity index (χ1) is 33.6. The Kier molecular flexibility index (Phi) is 22.7. The van der Waals surface area contributed by atoms with Crippen molar-refractivity contribution in [2.45, 2.75) is 132 Å². The minimum absolute atomic E-state index is 0.0699. The van der Waals surface area contributed by atoms with E-state index in [0.717, 1.165) is 59.3 Å². The van der Waals surface area contributed by atoms with Crippen LogP contribution in [0.3, 0.4) is 0 Å². The zero-order valence-corrected chi connectivity index (χ0v) is 42.7. The highest BCUT2D eigenvalue weighted by molar-refractivity contribution is 5.93. The Hall–Kier alpha value is -8.10. The van der Waals surface area contributed by atoms with E-state index in [2.05, 4.69) is 236 Å². The molecule has 1 heterocycles.